The van der Waals surface area contributed by atoms with Crippen molar-refractivity contribution in [2.45, 2.75) is 97.7 Å². The summed E-state index contributed by atoms with van der Waals surface area (Å²) in [7, 11) is 0. The van der Waals surface area contributed by atoms with Crippen molar-refractivity contribution < 1.29 is 9.47 Å². The normalized spacial score (nSPS) is 10.7. The third-order valence-corrected chi connectivity index (χ3v) is 3.51. The predicted molar refractivity (Wildman–Crippen MR) is 91.3 cm³/mol. The summed E-state index contributed by atoms with van der Waals surface area (Å²) in [4.78, 5) is 0. The van der Waals surface area contributed by atoms with E-state index in [9.17, 15) is 0 Å². The number of unbranched alkanes of at least 4 members (excludes halogenated alkanes) is 10. The second-order valence-corrected chi connectivity index (χ2v) is 5.50. The molecule has 0 aliphatic carbocycles. The molecule has 0 N–H and O–H groups in total. The molecule has 0 aromatic carbocycles. The minimum absolute atomic E-state index is 0.330. The number of ether oxygens (including phenoxy) is 2. The summed E-state index contributed by atoms with van der Waals surface area (Å²) in [5, 5.41) is 0. The zero-order valence-corrected chi connectivity index (χ0v) is 14.6. The molecule has 0 aromatic rings. The highest BCUT2D eigenvalue weighted by Gasteiger charge is 2.00. The Labute approximate surface area is 133 Å². The molecule has 0 radical (unpaired) electrons. The minimum atomic E-state index is -0.330. The molecule has 21 heavy (non-hydrogen) atoms. The van der Waals surface area contributed by atoms with Gasteiger partial charge in [-0.2, -0.15) is 0 Å². The van der Waals surface area contributed by atoms with E-state index in [-0.39, 0.29) is 6.29 Å². The average Bonchev–Trinajstić information content (AvgIpc) is 2.48. The topological polar surface area (TPSA) is 18.5 Å². The monoisotopic (exact) mass is 296 g/mol. The summed E-state index contributed by atoms with van der Waals surface area (Å²) in [5.41, 5.74) is 0. The summed E-state index contributed by atoms with van der Waals surface area (Å²) >= 11 is 0. The fourth-order valence-electron chi connectivity index (χ4n) is 2.29. The molecule has 0 heterocycles. The smallest absolute Gasteiger partial charge is 0.222 e. The molecule has 0 aliphatic rings. The molecule has 0 spiro atoms. The van der Waals surface area contributed by atoms with Crippen LogP contribution in [0.5, 0.6) is 0 Å². The van der Waals surface area contributed by atoms with Gasteiger partial charge in [0.2, 0.25) is 6.29 Å². The van der Waals surface area contributed by atoms with Gasteiger partial charge >= 0.3 is 0 Å². The molecule has 0 aromatic heterocycles. The Bertz CT molecular complexity index is 246. The Hall–Kier alpha value is -0.520. The first-order chi connectivity index (χ1) is 10.3. The van der Waals surface area contributed by atoms with Gasteiger partial charge in [-0.1, -0.05) is 70.6 Å². The Balaban J connectivity index is 3.35. The fraction of sp³-hybridized carbons (Fsp3) is 0.895. The third kappa shape index (κ3) is 15.7. The zero-order chi connectivity index (χ0) is 15.6. The molecule has 0 saturated carbocycles. The van der Waals surface area contributed by atoms with Crippen molar-refractivity contribution in [2.75, 3.05) is 13.2 Å². The molecule has 0 amide bonds. The Kier molecular flexibility index (Phi) is 17.1. The Morgan fingerprint density at radius 3 is 1.62 bits per heavy atom. The van der Waals surface area contributed by atoms with Gasteiger partial charge in [-0.05, 0) is 26.2 Å². The maximum atomic E-state index is 5.39. The van der Waals surface area contributed by atoms with Crippen LogP contribution in [0.3, 0.4) is 0 Å². The Morgan fingerprint density at radius 1 is 0.667 bits per heavy atom. The van der Waals surface area contributed by atoms with Gasteiger partial charge in [0.05, 0.1) is 0 Å². The highest BCUT2D eigenvalue weighted by molar-refractivity contribution is 5.02. The minimum Gasteiger partial charge on any atom is -0.342 e. The number of hydrogen-bond acceptors (Lipinski definition) is 2. The van der Waals surface area contributed by atoms with Gasteiger partial charge in [0.25, 0.3) is 0 Å². The van der Waals surface area contributed by atoms with Crippen molar-refractivity contribution in [1.82, 2.24) is 0 Å². The number of hydrogen-bond donors (Lipinski definition) is 0. The molecule has 0 unspecified atom stereocenters. The predicted octanol–water partition coefficient (Wildman–Crippen LogP) is 5.70. The molecular weight excluding hydrogens is 260 g/mol. The lowest BCUT2D eigenvalue weighted by atomic mass is 10.1. The molecule has 0 fully saturated rings. The summed E-state index contributed by atoms with van der Waals surface area (Å²) in [5.74, 6) is 6.24. The van der Waals surface area contributed by atoms with Crippen LogP contribution in [0.15, 0.2) is 0 Å². The quantitative estimate of drug-likeness (QED) is 0.232. The second kappa shape index (κ2) is 17.5. The highest BCUT2D eigenvalue weighted by atomic mass is 16.7. The number of rotatable bonds is 14. The van der Waals surface area contributed by atoms with Crippen LogP contribution in [-0.4, -0.2) is 19.5 Å². The third-order valence-electron chi connectivity index (χ3n) is 3.51. The largest absolute Gasteiger partial charge is 0.342 e. The van der Waals surface area contributed by atoms with E-state index in [1.54, 1.807) is 0 Å². The molecule has 0 atom stereocenters. The molecular formula is C19H36O2. The van der Waals surface area contributed by atoms with E-state index >= 15 is 0 Å². The summed E-state index contributed by atoms with van der Waals surface area (Å²) in [6.45, 7) is 7.51. The van der Waals surface area contributed by atoms with Crippen LogP contribution in [0.4, 0.5) is 0 Å². The first kappa shape index (κ1) is 20.5. The molecule has 124 valence electrons. The first-order valence-electron chi connectivity index (χ1n) is 9.06. The van der Waals surface area contributed by atoms with Gasteiger partial charge in [-0.3, -0.25) is 0 Å². The summed E-state index contributed by atoms with van der Waals surface area (Å²) in [6, 6.07) is 0. The van der Waals surface area contributed by atoms with Gasteiger partial charge in [0.1, 0.15) is 0 Å². The van der Waals surface area contributed by atoms with Crippen molar-refractivity contribution in [3.63, 3.8) is 0 Å². The van der Waals surface area contributed by atoms with Crippen molar-refractivity contribution >= 4 is 0 Å². The van der Waals surface area contributed by atoms with E-state index in [2.05, 4.69) is 18.8 Å². The lowest BCUT2D eigenvalue weighted by Gasteiger charge is -2.09. The molecule has 2 heteroatoms. The van der Waals surface area contributed by atoms with Gasteiger partial charge in [-0.15, -0.1) is 0 Å². The standard InChI is InChI=1S/C19H36O2/c1-4-7-8-9-10-11-12-13-14-15-16-17-18-19(20-5-2)21-6-3/h19H,4-16H2,1-3H3. The van der Waals surface area contributed by atoms with Gasteiger partial charge in [0, 0.05) is 19.6 Å². The lowest BCUT2D eigenvalue weighted by molar-refractivity contribution is -0.0970. The van der Waals surface area contributed by atoms with Crippen molar-refractivity contribution in [3.8, 4) is 11.8 Å². The molecule has 2 nitrogen and oxygen atoms in total. The van der Waals surface area contributed by atoms with Crippen LogP contribution in [0.1, 0.15) is 91.4 Å². The van der Waals surface area contributed by atoms with Crippen molar-refractivity contribution in [1.29, 1.82) is 0 Å². The summed E-state index contributed by atoms with van der Waals surface area (Å²) < 4.78 is 10.8. The SMILES string of the molecule is CCCCCCCCCCCCC#CC(OCC)OCC. The molecule has 0 aliphatic heterocycles. The van der Waals surface area contributed by atoms with Gasteiger partial charge in [0.15, 0.2) is 0 Å². The van der Waals surface area contributed by atoms with Gasteiger partial charge in [-0.25, -0.2) is 0 Å². The Morgan fingerprint density at radius 2 is 1.14 bits per heavy atom. The van der Waals surface area contributed by atoms with Crippen LogP contribution in [0.25, 0.3) is 0 Å². The van der Waals surface area contributed by atoms with Crippen LogP contribution in [-0.2, 0) is 9.47 Å². The van der Waals surface area contributed by atoms with E-state index in [0.717, 1.165) is 6.42 Å². The van der Waals surface area contributed by atoms with E-state index in [1.165, 1.54) is 64.2 Å². The molecule has 0 saturated heterocycles. The molecule has 0 rings (SSSR count). The molecule has 0 bridgehead atoms. The van der Waals surface area contributed by atoms with Crippen molar-refractivity contribution in [2.24, 2.45) is 0 Å². The highest BCUT2D eigenvalue weighted by Crippen LogP contribution is 2.11. The van der Waals surface area contributed by atoms with Crippen LogP contribution in [0.2, 0.25) is 0 Å². The maximum absolute atomic E-state index is 5.39. The first-order valence-corrected chi connectivity index (χ1v) is 9.06. The van der Waals surface area contributed by atoms with E-state index in [0.29, 0.717) is 13.2 Å². The van der Waals surface area contributed by atoms with E-state index in [1.807, 2.05) is 13.8 Å². The lowest BCUT2D eigenvalue weighted by Crippen LogP contribution is -2.14. The van der Waals surface area contributed by atoms with E-state index in [4.69, 9.17) is 9.47 Å². The van der Waals surface area contributed by atoms with Gasteiger partial charge < -0.3 is 9.47 Å². The van der Waals surface area contributed by atoms with Crippen molar-refractivity contribution in [3.05, 3.63) is 0 Å². The van der Waals surface area contributed by atoms with Crippen LogP contribution >= 0.6 is 0 Å². The second-order valence-electron chi connectivity index (χ2n) is 5.50. The van der Waals surface area contributed by atoms with Crippen LogP contribution < -0.4 is 0 Å². The van der Waals surface area contributed by atoms with Crippen LogP contribution in [0, 0.1) is 11.8 Å². The maximum Gasteiger partial charge on any atom is 0.222 e. The van der Waals surface area contributed by atoms with E-state index < -0.39 is 0 Å². The zero-order valence-electron chi connectivity index (χ0n) is 14.6. The average molecular weight is 296 g/mol. The fourth-order valence-corrected chi connectivity index (χ4v) is 2.29. The summed E-state index contributed by atoms with van der Waals surface area (Å²) in [6.07, 6.45) is 14.3.